The fourth-order valence-corrected chi connectivity index (χ4v) is 1.10. The molecule has 1 N–H and O–H groups in total. The van der Waals surface area contributed by atoms with E-state index in [1.54, 1.807) is 0 Å². The number of rotatable bonds is 3. The summed E-state index contributed by atoms with van der Waals surface area (Å²) in [5.41, 5.74) is 0. The first kappa shape index (κ1) is 6.09. The van der Waals surface area contributed by atoms with Crippen LogP contribution in [-0.2, 0) is 0 Å². The summed E-state index contributed by atoms with van der Waals surface area (Å²) in [4.78, 5) is 0. The number of hydrogen-bond donors (Lipinski definition) is 1. The van der Waals surface area contributed by atoms with Crippen molar-refractivity contribution in [2.75, 3.05) is 6.61 Å². The topological polar surface area (TPSA) is 20.2 Å². The summed E-state index contributed by atoms with van der Waals surface area (Å²) in [5, 5.41) is 8.51. The molecule has 1 nitrogen and oxygen atoms in total. The van der Waals surface area contributed by atoms with Crippen LogP contribution < -0.4 is 0 Å². The van der Waals surface area contributed by atoms with Gasteiger partial charge in [0.2, 0.25) is 0 Å². The van der Waals surface area contributed by atoms with Crippen LogP contribution in [0.2, 0.25) is 0 Å². The van der Waals surface area contributed by atoms with E-state index < -0.39 is 0 Å². The van der Waals surface area contributed by atoms with E-state index in [1.807, 2.05) is 0 Å². The second-order valence-corrected chi connectivity index (χ2v) is 2.83. The summed E-state index contributed by atoms with van der Waals surface area (Å²) in [6.45, 7) is 2.60. The zero-order chi connectivity index (χ0) is 5.98. The van der Waals surface area contributed by atoms with Crippen LogP contribution in [0.1, 0.15) is 26.2 Å². The SMILES string of the molecule is CC(CCO)C1CC1. The lowest BCUT2D eigenvalue weighted by atomic mass is 10.0. The molecule has 48 valence electrons. The smallest absolute Gasteiger partial charge is 0.0433 e. The summed E-state index contributed by atoms with van der Waals surface area (Å²) in [6, 6.07) is 0. The zero-order valence-electron chi connectivity index (χ0n) is 5.43. The summed E-state index contributed by atoms with van der Waals surface area (Å²) in [7, 11) is 0. The van der Waals surface area contributed by atoms with Crippen LogP contribution in [0.15, 0.2) is 0 Å². The first-order valence-electron chi connectivity index (χ1n) is 3.45. The lowest BCUT2D eigenvalue weighted by Gasteiger charge is -2.04. The molecule has 1 fully saturated rings. The Morgan fingerprint density at radius 1 is 1.62 bits per heavy atom. The molecule has 0 radical (unpaired) electrons. The van der Waals surface area contributed by atoms with Crippen molar-refractivity contribution in [2.45, 2.75) is 26.2 Å². The van der Waals surface area contributed by atoms with Gasteiger partial charge in [-0.1, -0.05) is 6.92 Å². The molecule has 1 aliphatic carbocycles. The molecular formula is C7H14O. The van der Waals surface area contributed by atoms with Crippen LogP contribution in [0.3, 0.4) is 0 Å². The van der Waals surface area contributed by atoms with Gasteiger partial charge in [0.1, 0.15) is 0 Å². The van der Waals surface area contributed by atoms with E-state index in [1.165, 1.54) is 12.8 Å². The van der Waals surface area contributed by atoms with Crippen molar-refractivity contribution in [3.8, 4) is 0 Å². The standard InChI is InChI=1S/C7H14O/c1-6(4-5-8)7-2-3-7/h6-8H,2-5H2,1H3. The molecular weight excluding hydrogens is 100 g/mol. The highest BCUT2D eigenvalue weighted by atomic mass is 16.3. The Bertz CT molecular complexity index is 66.8. The van der Waals surface area contributed by atoms with E-state index in [0.717, 1.165) is 18.3 Å². The Hall–Kier alpha value is -0.0400. The highest BCUT2D eigenvalue weighted by molar-refractivity contribution is 4.77. The van der Waals surface area contributed by atoms with E-state index in [9.17, 15) is 0 Å². The summed E-state index contributed by atoms with van der Waals surface area (Å²) < 4.78 is 0. The Labute approximate surface area is 50.7 Å². The maximum atomic E-state index is 8.51. The van der Waals surface area contributed by atoms with Crippen LogP contribution in [0, 0.1) is 11.8 Å². The molecule has 0 bridgehead atoms. The average Bonchev–Trinajstić information content (AvgIpc) is 2.45. The predicted octanol–water partition coefficient (Wildman–Crippen LogP) is 1.41. The van der Waals surface area contributed by atoms with E-state index >= 15 is 0 Å². The molecule has 1 rings (SSSR count). The number of aliphatic hydroxyl groups is 1. The summed E-state index contributed by atoms with van der Waals surface area (Å²) in [5.74, 6) is 1.74. The van der Waals surface area contributed by atoms with E-state index in [4.69, 9.17) is 5.11 Å². The molecule has 0 spiro atoms. The van der Waals surface area contributed by atoms with Gasteiger partial charge in [-0.3, -0.25) is 0 Å². The molecule has 0 heterocycles. The second-order valence-electron chi connectivity index (χ2n) is 2.83. The van der Waals surface area contributed by atoms with Crippen molar-refractivity contribution >= 4 is 0 Å². The van der Waals surface area contributed by atoms with Gasteiger partial charge in [0.25, 0.3) is 0 Å². The third kappa shape index (κ3) is 1.48. The highest BCUT2D eigenvalue weighted by Crippen LogP contribution is 2.37. The molecule has 1 unspecified atom stereocenters. The van der Waals surface area contributed by atoms with Gasteiger partial charge in [-0.2, -0.15) is 0 Å². The average molecular weight is 114 g/mol. The third-order valence-corrected chi connectivity index (χ3v) is 2.01. The normalized spacial score (nSPS) is 23.2. The number of aliphatic hydroxyl groups excluding tert-OH is 1. The minimum Gasteiger partial charge on any atom is -0.396 e. The van der Waals surface area contributed by atoms with E-state index in [2.05, 4.69) is 6.92 Å². The molecule has 0 aromatic carbocycles. The lowest BCUT2D eigenvalue weighted by Crippen LogP contribution is -1.98. The Kier molecular flexibility index (Phi) is 1.90. The van der Waals surface area contributed by atoms with E-state index in [0.29, 0.717) is 6.61 Å². The van der Waals surface area contributed by atoms with Gasteiger partial charge in [-0.25, -0.2) is 0 Å². The molecule has 1 atom stereocenters. The maximum Gasteiger partial charge on any atom is 0.0433 e. The minimum absolute atomic E-state index is 0.373. The van der Waals surface area contributed by atoms with Crippen LogP contribution in [0.25, 0.3) is 0 Å². The molecule has 0 saturated heterocycles. The minimum atomic E-state index is 0.373. The van der Waals surface area contributed by atoms with Crippen molar-refractivity contribution in [2.24, 2.45) is 11.8 Å². The van der Waals surface area contributed by atoms with Crippen LogP contribution in [0.5, 0.6) is 0 Å². The highest BCUT2D eigenvalue weighted by Gasteiger charge is 2.26. The number of hydrogen-bond acceptors (Lipinski definition) is 1. The van der Waals surface area contributed by atoms with Gasteiger partial charge in [0.15, 0.2) is 0 Å². The van der Waals surface area contributed by atoms with Crippen LogP contribution in [-0.4, -0.2) is 11.7 Å². The third-order valence-electron chi connectivity index (χ3n) is 2.01. The quantitative estimate of drug-likeness (QED) is 0.588. The lowest BCUT2D eigenvalue weighted by molar-refractivity contribution is 0.254. The summed E-state index contributed by atoms with van der Waals surface area (Å²) >= 11 is 0. The monoisotopic (exact) mass is 114 g/mol. The first-order valence-corrected chi connectivity index (χ1v) is 3.45. The molecule has 0 aliphatic heterocycles. The molecule has 1 aliphatic rings. The zero-order valence-corrected chi connectivity index (χ0v) is 5.43. The summed E-state index contributed by atoms with van der Waals surface area (Å²) in [6.07, 6.45) is 3.81. The second kappa shape index (κ2) is 2.49. The van der Waals surface area contributed by atoms with Crippen molar-refractivity contribution in [3.05, 3.63) is 0 Å². The van der Waals surface area contributed by atoms with Gasteiger partial charge >= 0.3 is 0 Å². The fourth-order valence-electron chi connectivity index (χ4n) is 1.10. The molecule has 0 amide bonds. The van der Waals surface area contributed by atoms with Crippen molar-refractivity contribution in [3.63, 3.8) is 0 Å². The van der Waals surface area contributed by atoms with Gasteiger partial charge in [0.05, 0.1) is 0 Å². The van der Waals surface area contributed by atoms with Crippen LogP contribution >= 0.6 is 0 Å². The van der Waals surface area contributed by atoms with Crippen molar-refractivity contribution in [1.82, 2.24) is 0 Å². The van der Waals surface area contributed by atoms with Crippen molar-refractivity contribution in [1.29, 1.82) is 0 Å². The van der Waals surface area contributed by atoms with Crippen LogP contribution in [0.4, 0.5) is 0 Å². The molecule has 1 saturated carbocycles. The molecule has 0 aromatic rings. The Balaban J connectivity index is 2.03. The van der Waals surface area contributed by atoms with Gasteiger partial charge in [-0.15, -0.1) is 0 Å². The Morgan fingerprint density at radius 2 is 2.25 bits per heavy atom. The molecule has 0 aromatic heterocycles. The predicted molar refractivity (Wildman–Crippen MR) is 33.6 cm³/mol. The van der Waals surface area contributed by atoms with Gasteiger partial charge < -0.3 is 5.11 Å². The van der Waals surface area contributed by atoms with E-state index in [-0.39, 0.29) is 0 Å². The fraction of sp³-hybridized carbons (Fsp3) is 1.00. The van der Waals surface area contributed by atoms with Gasteiger partial charge in [0, 0.05) is 6.61 Å². The maximum absolute atomic E-state index is 8.51. The van der Waals surface area contributed by atoms with Gasteiger partial charge in [-0.05, 0) is 31.1 Å². The first-order chi connectivity index (χ1) is 3.84. The van der Waals surface area contributed by atoms with Crippen molar-refractivity contribution < 1.29 is 5.11 Å². The Morgan fingerprint density at radius 3 is 2.62 bits per heavy atom. The molecule has 8 heavy (non-hydrogen) atoms. The largest absolute Gasteiger partial charge is 0.396 e. The molecule has 1 heteroatoms.